The SMILES string of the molecule is CC(C)c1ccc([C@@H](NCC(=O)N[C@](C)(C#N)C(C)C)c2cccs2)cc1. The van der Waals surface area contributed by atoms with Gasteiger partial charge in [0.05, 0.1) is 18.7 Å². The lowest BCUT2D eigenvalue weighted by Gasteiger charge is -2.28. The molecule has 2 atom stereocenters. The molecule has 0 spiro atoms. The average Bonchev–Trinajstić information content (AvgIpc) is 3.16. The molecule has 2 N–H and O–H groups in total. The zero-order valence-electron chi connectivity index (χ0n) is 16.7. The van der Waals surface area contributed by atoms with Crippen molar-refractivity contribution in [2.45, 2.75) is 52.1 Å². The van der Waals surface area contributed by atoms with Crippen LogP contribution in [0.5, 0.6) is 0 Å². The smallest absolute Gasteiger partial charge is 0.235 e. The number of hydrogen-bond donors (Lipinski definition) is 2. The van der Waals surface area contributed by atoms with Crippen LogP contribution in [0, 0.1) is 17.2 Å². The highest BCUT2D eigenvalue weighted by Gasteiger charge is 2.30. The Kier molecular flexibility index (Phi) is 7.18. The zero-order chi connectivity index (χ0) is 20.0. The van der Waals surface area contributed by atoms with Gasteiger partial charge in [0, 0.05) is 4.88 Å². The molecule has 144 valence electrons. The predicted molar refractivity (Wildman–Crippen MR) is 112 cm³/mol. The van der Waals surface area contributed by atoms with Gasteiger partial charge in [-0.3, -0.25) is 10.1 Å². The molecule has 1 aromatic carbocycles. The number of nitriles is 1. The van der Waals surface area contributed by atoms with E-state index in [1.54, 1.807) is 18.3 Å². The number of rotatable bonds is 8. The summed E-state index contributed by atoms with van der Waals surface area (Å²) in [5, 5.41) is 17.7. The zero-order valence-corrected chi connectivity index (χ0v) is 17.6. The van der Waals surface area contributed by atoms with Crippen molar-refractivity contribution in [2.24, 2.45) is 5.92 Å². The van der Waals surface area contributed by atoms with Crippen LogP contribution in [0.25, 0.3) is 0 Å². The van der Waals surface area contributed by atoms with Crippen LogP contribution in [0.4, 0.5) is 0 Å². The molecule has 0 saturated carbocycles. The number of thiophene rings is 1. The largest absolute Gasteiger partial charge is 0.337 e. The van der Waals surface area contributed by atoms with Crippen LogP contribution in [0.15, 0.2) is 41.8 Å². The molecule has 1 amide bonds. The minimum absolute atomic E-state index is 0.0307. The summed E-state index contributed by atoms with van der Waals surface area (Å²) >= 11 is 1.66. The number of carbonyl (C=O) groups is 1. The molecule has 0 fully saturated rings. The lowest BCUT2D eigenvalue weighted by Crippen LogP contribution is -2.51. The second-order valence-corrected chi connectivity index (χ2v) is 8.65. The van der Waals surface area contributed by atoms with Crippen LogP contribution in [-0.4, -0.2) is 18.0 Å². The maximum atomic E-state index is 12.4. The quantitative estimate of drug-likeness (QED) is 0.700. The molecule has 0 aliphatic rings. The number of carbonyl (C=O) groups excluding carboxylic acids is 1. The Balaban J connectivity index is 2.13. The minimum Gasteiger partial charge on any atom is -0.337 e. The summed E-state index contributed by atoms with van der Waals surface area (Å²) in [4.78, 5) is 13.6. The number of nitrogens with one attached hydrogen (secondary N) is 2. The van der Waals surface area contributed by atoms with E-state index in [1.165, 1.54) is 5.56 Å². The van der Waals surface area contributed by atoms with Gasteiger partial charge in [0.2, 0.25) is 5.91 Å². The van der Waals surface area contributed by atoms with Gasteiger partial charge in [-0.05, 0) is 41.3 Å². The lowest BCUT2D eigenvalue weighted by atomic mass is 9.90. The molecule has 0 saturated heterocycles. The summed E-state index contributed by atoms with van der Waals surface area (Å²) in [7, 11) is 0. The van der Waals surface area contributed by atoms with E-state index < -0.39 is 5.54 Å². The Morgan fingerprint density at radius 1 is 1.15 bits per heavy atom. The van der Waals surface area contributed by atoms with Crippen LogP contribution in [0.3, 0.4) is 0 Å². The number of amides is 1. The summed E-state index contributed by atoms with van der Waals surface area (Å²) < 4.78 is 0. The van der Waals surface area contributed by atoms with Crippen molar-refractivity contribution in [1.82, 2.24) is 10.6 Å². The van der Waals surface area contributed by atoms with Crippen molar-refractivity contribution in [1.29, 1.82) is 5.26 Å². The van der Waals surface area contributed by atoms with Gasteiger partial charge in [0.1, 0.15) is 5.54 Å². The van der Waals surface area contributed by atoms with Crippen molar-refractivity contribution >= 4 is 17.2 Å². The standard InChI is InChI=1S/C22H29N3OS/c1-15(2)17-8-10-18(11-9-17)21(19-7-6-12-27-19)24-13-20(26)25-22(5,14-23)16(3)4/h6-12,15-16,21,24H,13H2,1-5H3,(H,25,26)/t21-,22-/m1/s1. The van der Waals surface area contributed by atoms with Crippen molar-refractivity contribution in [3.05, 3.63) is 57.8 Å². The van der Waals surface area contributed by atoms with Crippen molar-refractivity contribution < 1.29 is 4.79 Å². The minimum atomic E-state index is -0.865. The van der Waals surface area contributed by atoms with Gasteiger partial charge in [-0.2, -0.15) is 5.26 Å². The maximum Gasteiger partial charge on any atom is 0.235 e. The first-order valence-corrected chi connectivity index (χ1v) is 10.2. The third-order valence-corrected chi connectivity index (χ3v) is 5.95. The fraction of sp³-hybridized carbons (Fsp3) is 0.455. The average molecular weight is 384 g/mol. The molecule has 2 rings (SSSR count). The molecule has 0 radical (unpaired) electrons. The van der Waals surface area contributed by atoms with Crippen LogP contribution >= 0.6 is 11.3 Å². The molecule has 1 heterocycles. The van der Waals surface area contributed by atoms with Gasteiger partial charge < -0.3 is 5.32 Å². The fourth-order valence-corrected chi connectivity index (χ4v) is 3.57. The van der Waals surface area contributed by atoms with E-state index >= 15 is 0 Å². The van der Waals surface area contributed by atoms with E-state index in [9.17, 15) is 10.1 Å². The van der Waals surface area contributed by atoms with Crippen LogP contribution in [0.1, 0.15) is 62.6 Å². The summed E-state index contributed by atoms with van der Waals surface area (Å²) in [6, 6.07) is 14.8. The van der Waals surface area contributed by atoms with E-state index in [0.717, 1.165) is 10.4 Å². The molecule has 4 nitrogen and oxygen atoms in total. The van der Waals surface area contributed by atoms with Gasteiger partial charge in [-0.25, -0.2) is 0 Å². The number of nitrogens with zero attached hydrogens (tertiary/aromatic N) is 1. The normalized spacial score (nSPS) is 14.6. The van der Waals surface area contributed by atoms with Gasteiger partial charge >= 0.3 is 0 Å². The highest BCUT2D eigenvalue weighted by Crippen LogP contribution is 2.27. The number of benzene rings is 1. The van der Waals surface area contributed by atoms with Crippen molar-refractivity contribution in [3.63, 3.8) is 0 Å². The van der Waals surface area contributed by atoms with E-state index in [-0.39, 0.29) is 24.4 Å². The molecule has 0 aliphatic heterocycles. The molecule has 5 heteroatoms. The van der Waals surface area contributed by atoms with Gasteiger partial charge in [-0.15, -0.1) is 11.3 Å². The van der Waals surface area contributed by atoms with E-state index in [2.05, 4.69) is 60.9 Å². The third-order valence-electron chi connectivity index (χ3n) is 5.02. The van der Waals surface area contributed by atoms with E-state index in [0.29, 0.717) is 5.92 Å². The molecule has 27 heavy (non-hydrogen) atoms. The lowest BCUT2D eigenvalue weighted by molar-refractivity contribution is -0.121. The second kappa shape index (κ2) is 9.16. The summed E-state index contributed by atoms with van der Waals surface area (Å²) in [5.74, 6) is 0.342. The van der Waals surface area contributed by atoms with Gasteiger partial charge in [0.25, 0.3) is 0 Å². The maximum absolute atomic E-state index is 12.4. The molecule has 0 bridgehead atoms. The Morgan fingerprint density at radius 3 is 2.26 bits per heavy atom. The predicted octanol–water partition coefficient (Wildman–Crippen LogP) is 4.60. The Labute approximate surface area is 166 Å². The van der Waals surface area contributed by atoms with Crippen molar-refractivity contribution in [3.8, 4) is 6.07 Å². The fourth-order valence-electron chi connectivity index (χ4n) is 2.74. The molecule has 0 aliphatic carbocycles. The monoisotopic (exact) mass is 383 g/mol. The molecular weight excluding hydrogens is 354 g/mol. The van der Waals surface area contributed by atoms with Crippen molar-refractivity contribution in [2.75, 3.05) is 6.54 Å². The molecule has 0 unspecified atom stereocenters. The Hall–Kier alpha value is -2.16. The van der Waals surface area contributed by atoms with E-state index in [1.807, 2.05) is 25.3 Å². The van der Waals surface area contributed by atoms with E-state index in [4.69, 9.17) is 0 Å². The van der Waals surface area contributed by atoms with Gasteiger partial charge in [0.15, 0.2) is 0 Å². The highest BCUT2D eigenvalue weighted by atomic mass is 32.1. The molecular formula is C22H29N3OS. The van der Waals surface area contributed by atoms with Crippen LogP contribution < -0.4 is 10.6 Å². The Bertz CT molecular complexity index is 775. The summed E-state index contributed by atoms with van der Waals surface area (Å²) in [6.45, 7) is 10.1. The highest BCUT2D eigenvalue weighted by molar-refractivity contribution is 7.10. The Morgan fingerprint density at radius 2 is 1.78 bits per heavy atom. The first-order valence-electron chi connectivity index (χ1n) is 9.35. The van der Waals surface area contributed by atoms with Gasteiger partial charge in [-0.1, -0.05) is 58.0 Å². The topological polar surface area (TPSA) is 64.9 Å². The summed E-state index contributed by atoms with van der Waals surface area (Å²) in [5.41, 5.74) is 1.56. The number of hydrogen-bond acceptors (Lipinski definition) is 4. The second-order valence-electron chi connectivity index (χ2n) is 7.67. The first kappa shape index (κ1) is 21.1. The molecule has 2 aromatic rings. The summed E-state index contributed by atoms with van der Waals surface area (Å²) in [6.07, 6.45) is 0. The molecule has 1 aromatic heterocycles. The van der Waals surface area contributed by atoms with Crippen LogP contribution in [-0.2, 0) is 4.79 Å². The third kappa shape index (κ3) is 5.41. The first-order chi connectivity index (χ1) is 12.8. The van der Waals surface area contributed by atoms with Crippen LogP contribution in [0.2, 0.25) is 0 Å².